The molecule has 0 saturated carbocycles. The molecular weight excluding hydrogens is 332 g/mol. The summed E-state index contributed by atoms with van der Waals surface area (Å²) in [5.74, 6) is -1.30. The first-order valence-corrected chi connectivity index (χ1v) is 7.49. The van der Waals surface area contributed by atoms with Crippen LogP contribution in [0.4, 0.5) is 8.78 Å². The van der Waals surface area contributed by atoms with Crippen LogP contribution in [0.3, 0.4) is 0 Å². The van der Waals surface area contributed by atoms with E-state index >= 15 is 0 Å². The van der Waals surface area contributed by atoms with Crippen molar-refractivity contribution in [1.29, 1.82) is 0 Å². The predicted octanol–water partition coefficient (Wildman–Crippen LogP) is 3.26. The smallest absolute Gasteiger partial charge is 0.169 e. The number of ether oxygens (including phenoxy) is 2. The molecule has 1 fully saturated rings. The largest absolute Gasteiger partial charge is 0.488 e. The average Bonchev–Trinajstić information content (AvgIpc) is 2.90. The topological polar surface area (TPSA) is 30.5 Å². The fourth-order valence-corrected chi connectivity index (χ4v) is 2.76. The first-order valence-electron chi connectivity index (χ1n) is 6.70. The zero-order valence-corrected chi connectivity index (χ0v) is 12.9. The van der Waals surface area contributed by atoms with Gasteiger partial charge >= 0.3 is 0 Å². The Morgan fingerprint density at radius 1 is 1.50 bits per heavy atom. The van der Waals surface area contributed by atoms with Crippen LogP contribution in [0.15, 0.2) is 16.6 Å². The lowest BCUT2D eigenvalue weighted by Crippen LogP contribution is -2.39. The van der Waals surface area contributed by atoms with Gasteiger partial charge in [-0.3, -0.25) is 0 Å². The van der Waals surface area contributed by atoms with Gasteiger partial charge in [0.1, 0.15) is 12.4 Å². The summed E-state index contributed by atoms with van der Waals surface area (Å²) < 4.78 is 37.6. The molecule has 6 heteroatoms. The summed E-state index contributed by atoms with van der Waals surface area (Å²) in [7, 11) is 0. The highest BCUT2D eigenvalue weighted by Gasteiger charge is 2.21. The van der Waals surface area contributed by atoms with Gasteiger partial charge in [-0.15, -0.1) is 0 Å². The second kappa shape index (κ2) is 7.33. The minimum absolute atomic E-state index is 0.0398. The van der Waals surface area contributed by atoms with Crippen LogP contribution in [0.1, 0.15) is 19.8 Å². The molecule has 2 unspecified atom stereocenters. The molecule has 0 amide bonds. The van der Waals surface area contributed by atoms with Gasteiger partial charge in [0.2, 0.25) is 0 Å². The van der Waals surface area contributed by atoms with E-state index in [1.54, 1.807) is 0 Å². The summed E-state index contributed by atoms with van der Waals surface area (Å²) in [6.07, 6.45) is 2.40. The standard InChI is InChI=1S/C14H18BrF2NO2/c1-9(13-3-2-5-19-13)18-4-6-20-14-11(15)7-10(16)8-12(14)17/h7-9,13,18H,2-6H2,1H3. The minimum atomic E-state index is -0.705. The highest BCUT2D eigenvalue weighted by atomic mass is 79.9. The van der Waals surface area contributed by atoms with Crippen molar-refractivity contribution in [3.8, 4) is 5.75 Å². The van der Waals surface area contributed by atoms with Crippen molar-refractivity contribution in [3.05, 3.63) is 28.2 Å². The van der Waals surface area contributed by atoms with E-state index in [9.17, 15) is 8.78 Å². The summed E-state index contributed by atoms with van der Waals surface area (Å²) >= 11 is 3.09. The average molecular weight is 350 g/mol. The van der Waals surface area contributed by atoms with E-state index in [2.05, 4.69) is 28.2 Å². The van der Waals surface area contributed by atoms with Crippen molar-refractivity contribution < 1.29 is 18.3 Å². The third-order valence-corrected chi connectivity index (χ3v) is 3.89. The van der Waals surface area contributed by atoms with Crippen LogP contribution >= 0.6 is 15.9 Å². The molecular formula is C14H18BrF2NO2. The van der Waals surface area contributed by atoms with Crippen molar-refractivity contribution in [1.82, 2.24) is 5.32 Å². The van der Waals surface area contributed by atoms with Crippen LogP contribution in [0.5, 0.6) is 5.75 Å². The van der Waals surface area contributed by atoms with Gasteiger partial charge in [0, 0.05) is 25.3 Å². The quantitative estimate of drug-likeness (QED) is 0.799. The fraction of sp³-hybridized carbons (Fsp3) is 0.571. The lowest BCUT2D eigenvalue weighted by Gasteiger charge is -2.20. The molecule has 20 heavy (non-hydrogen) atoms. The minimum Gasteiger partial charge on any atom is -0.488 e. The lowest BCUT2D eigenvalue weighted by molar-refractivity contribution is 0.0823. The monoisotopic (exact) mass is 349 g/mol. The third-order valence-electron chi connectivity index (χ3n) is 3.30. The van der Waals surface area contributed by atoms with Gasteiger partial charge < -0.3 is 14.8 Å². The number of nitrogens with one attached hydrogen (secondary N) is 1. The summed E-state index contributed by atoms with van der Waals surface area (Å²) in [6.45, 7) is 3.76. The maximum absolute atomic E-state index is 13.5. The Morgan fingerprint density at radius 3 is 2.95 bits per heavy atom. The molecule has 3 nitrogen and oxygen atoms in total. The Balaban J connectivity index is 1.76. The number of rotatable bonds is 6. The van der Waals surface area contributed by atoms with Gasteiger partial charge in [0.15, 0.2) is 11.6 Å². The lowest BCUT2D eigenvalue weighted by atomic mass is 10.1. The summed E-state index contributed by atoms with van der Waals surface area (Å²) in [5.41, 5.74) is 0. The van der Waals surface area contributed by atoms with Crippen molar-refractivity contribution in [3.63, 3.8) is 0 Å². The van der Waals surface area contributed by atoms with Crippen molar-refractivity contribution in [2.45, 2.75) is 31.9 Å². The Kier molecular flexibility index (Phi) is 5.74. The molecule has 0 spiro atoms. The predicted molar refractivity (Wildman–Crippen MR) is 76.0 cm³/mol. The molecule has 1 aliphatic rings. The number of hydrogen-bond acceptors (Lipinski definition) is 3. The maximum atomic E-state index is 13.5. The molecule has 1 aliphatic heterocycles. The third kappa shape index (κ3) is 4.14. The van der Waals surface area contributed by atoms with Crippen LogP contribution in [-0.4, -0.2) is 31.9 Å². The highest BCUT2D eigenvalue weighted by molar-refractivity contribution is 9.10. The molecule has 0 aliphatic carbocycles. The van der Waals surface area contributed by atoms with Gasteiger partial charge in [-0.2, -0.15) is 0 Å². The zero-order valence-electron chi connectivity index (χ0n) is 11.3. The second-order valence-corrected chi connectivity index (χ2v) is 5.70. The summed E-state index contributed by atoms with van der Waals surface area (Å²) in [6, 6.07) is 2.23. The van der Waals surface area contributed by atoms with Crippen molar-refractivity contribution in [2.75, 3.05) is 19.8 Å². The van der Waals surface area contributed by atoms with E-state index in [-0.39, 0.29) is 22.4 Å². The molecule has 0 bridgehead atoms. The molecule has 1 aromatic carbocycles. The highest BCUT2D eigenvalue weighted by Crippen LogP contribution is 2.29. The SMILES string of the molecule is CC(NCCOc1c(F)cc(F)cc1Br)C1CCCO1. The van der Waals surface area contributed by atoms with Gasteiger partial charge in [0.25, 0.3) is 0 Å². The molecule has 2 atom stereocenters. The van der Waals surface area contributed by atoms with Crippen molar-refractivity contribution >= 4 is 15.9 Å². The van der Waals surface area contributed by atoms with E-state index < -0.39 is 11.6 Å². The van der Waals surface area contributed by atoms with Crippen molar-refractivity contribution in [2.24, 2.45) is 0 Å². The Hall–Kier alpha value is -0.720. The van der Waals surface area contributed by atoms with Gasteiger partial charge in [-0.25, -0.2) is 8.78 Å². The maximum Gasteiger partial charge on any atom is 0.169 e. The molecule has 1 aromatic rings. The fourth-order valence-electron chi connectivity index (χ4n) is 2.23. The molecule has 1 saturated heterocycles. The molecule has 2 rings (SSSR count). The molecule has 112 valence electrons. The van der Waals surface area contributed by atoms with Crippen LogP contribution in [0, 0.1) is 11.6 Å². The first-order chi connectivity index (χ1) is 9.58. The van der Waals surface area contributed by atoms with E-state index in [0.29, 0.717) is 13.2 Å². The van der Waals surface area contributed by atoms with Crippen LogP contribution in [0.2, 0.25) is 0 Å². The normalized spacial score (nSPS) is 20.1. The van der Waals surface area contributed by atoms with Crippen LogP contribution in [0.25, 0.3) is 0 Å². The van der Waals surface area contributed by atoms with E-state index in [1.807, 2.05) is 0 Å². The Bertz CT molecular complexity index is 430. The Labute approximate surface area is 125 Å². The second-order valence-electron chi connectivity index (χ2n) is 4.84. The van der Waals surface area contributed by atoms with Gasteiger partial charge in [-0.05, 0) is 41.8 Å². The number of benzene rings is 1. The molecule has 0 radical (unpaired) electrons. The van der Waals surface area contributed by atoms with E-state index in [1.165, 1.54) is 6.07 Å². The molecule has 1 N–H and O–H groups in total. The van der Waals surface area contributed by atoms with E-state index in [4.69, 9.17) is 9.47 Å². The summed E-state index contributed by atoms with van der Waals surface area (Å²) in [4.78, 5) is 0. The first kappa shape index (κ1) is 15.7. The van der Waals surface area contributed by atoms with Crippen LogP contribution in [-0.2, 0) is 4.74 Å². The van der Waals surface area contributed by atoms with E-state index in [0.717, 1.165) is 25.5 Å². The number of halogens is 3. The number of hydrogen-bond donors (Lipinski definition) is 1. The van der Waals surface area contributed by atoms with Crippen LogP contribution < -0.4 is 10.1 Å². The Morgan fingerprint density at radius 2 is 2.30 bits per heavy atom. The van der Waals surface area contributed by atoms with Gasteiger partial charge in [-0.1, -0.05) is 0 Å². The van der Waals surface area contributed by atoms with Gasteiger partial charge in [0.05, 0.1) is 10.6 Å². The summed E-state index contributed by atoms with van der Waals surface area (Å²) in [5, 5.41) is 3.28. The molecule has 1 heterocycles. The molecule has 0 aromatic heterocycles. The zero-order chi connectivity index (χ0) is 14.5.